The number of hydrazine groups is 1. The molecule has 104 valence electrons. The van der Waals surface area contributed by atoms with Crippen LogP contribution in [-0.2, 0) is 6.42 Å². The summed E-state index contributed by atoms with van der Waals surface area (Å²) < 4.78 is 27.4. The van der Waals surface area contributed by atoms with Crippen molar-refractivity contribution in [1.29, 1.82) is 0 Å². The van der Waals surface area contributed by atoms with Crippen molar-refractivity contribution >= 4 is 0 Å². The fourth-order valence-corrected chi connectivity index (χ4v) is 3.11. The standard InChI is InChI=1S/C16H16F2N2/c17-11-6-8-15(18)14(9-11)16(20-19)13-7-5-10-3-1-2-4-12(10)13/h1-4,6,8-9,13,16,20H,5,7,19H2. The quantitative estimate of drug-likeness (QED) is 0.666. The fourth-order valence-electron chi connectivity index (χ4n) is 3.11. The Balaban J connectivity index is 2.01. The van der Waals surface area contributed by atoms with Crippen molar-refractivity contribution in [3.8, 4) is 0 Å². The Morgan fingerprint density at radius 3 is 2.75 bits per heavy atom. The highest BCUT2D eigenvalue weighted by molar-refractivity contribution is 5.38. The van der Waals surface area contributed by atoms with Crippen LogP contribution in [0.1, 0.15) is 35.1 Å². The molecule has 0 heterocycles. The molecule has 20 heavy (non-hydrogen) atoms. The molecule has 0 fully saturated rings. The number of hydrogen-bond donors (Lipinski definition) is 2. The minimum Gasteiger partial charge on any atom is -0.271 e. The molecule has 2 aromatic rings. The summed E-state index contributed by atoms with van der Waals surface area (Å²) in [5, 5.41) is 0. The second-order valence-corrected chi connectivity index (χ2v) is 5.15. The zero-order valence-electron chi connectivity index (χ0n) is 10.9. The van der Waals surface area contributed by atoms with E-state index in [2.05, 4.69) is 11.5 Å². The lowest BCUT2D eigenvalue weighted by atomic mass is 9.88. The van der Waals surface area contributed by atoms with Gasteiger partial charge in [0.2, 0.25) is 0 Å². The van der Waals surface area contributed by atoms with E-state index in [4.69, 9.17) is 5.84 Å². The van der Waals surface area contributed by atoms with E-state index in [0.29, 0.717) is 0 Å². The molecule has 0 bridgehead atoms. The zero-order valence-corrected chi connectivity index (χ0v) is 10.9. The van der Waals surface area contributed by atoms with Crippen molar-refractivity contribution in [2.75, 3.05) is 0 Å². The molecular weight excluding hydrogens is 258 g/mol. The minimum atomic E-state index is -0.451. The normalized spacial score (nSPS) is 18.9. The molecule has 2 aromatic carbocycles. The van der Waals surface area contributed by atoms with E-state index in [-0.39, 0.29) is 11.5 Å². The summed E-state index contributed by atoms with van der Waals surface area (Å²) in [6.45, 7) is 0. The highest BCUT2D eigenvalue weighted by atomic mass is 19.1. The topological polar surface area (TPSA) is 38.0 Å². The van der Waals surface area contributed by atoms with Gasteiger partial charge >= 0.3 is 0 Å². The van der Waals surface area contributed by atoms with E-state index in [1.165, 1.54) is 17.2 Å². The Morgan fingerprint density at radius 2 is 1.95 bits per heavy atom. The Morgan fingerprint density at radius 1 is 1.15 bits per heavy atom. The minimum absolute atomic E-state index is 0.0625. The van der Waals surface area contributed by atoms with Crippen LogP contribution < -0.4 is 11.3 Å². The third-order valence-corrected chi connectivity index (χ3v) is 4.05. The summed E-state index contributed by atoms with van der Waals surface area (Å²) in [7, 11) is 0. The van der Waals surface area contributed by atoms with Crippen molar-refractivity contribution in [2.45, 2.75) is 24.8 Å². The first-order valence-corrected chi connectivity index (χ1v) is 6.69. The van der Waals surface area contributed by atoms with Crippen LogP contribution in [0.4, 0.5) is 8.78 Å². The van der Waals surface area contributed by atoms with Gasteiger partial charge in [-0.25, -0.2) is 8.78 Å². The zero-order chi connectivity index (χ0) is 14.1. The van der Waals surface area contributed by atoms with E-state index in [0.717, 1.165) is 25.0 Å². The van der Waals surface area contributed by atoms with Gasteiger partial charge in [0.25, 0.3) is 0 Å². The molecule has 3 N–H and O–H groups in total. The molecule has 0 spiro atoms. The van der Waals surface area contributed by atoms with Gasteiger partial charge in [0.1, 0.15) is 11.6 Å². The van der Waals surface area contributed by atoms with Crippen LogP contribution in [0.25, 0.3) is 0 Å². The van der Waals surface area contributed by atoms with Gasteiger partial charge < -0.3 is 0 Å². The van der Waals surface area contributed by atoms with E-state index in [1.54, 1.807) is 0 Å². The van der Waals surface area contributed by atoms with Gasteiger partial charge in [0.05, 0.1) is 6.04 Å². The molecule has 1 aliphatic carbocycles. The van der Waals surface area contributed by atoms with Gasteiger partial charge in [-0.15, -0.1) is 0 Å². The van der Waals surface area contributed by atoms with Crippen molar-refractivity contribution in [1.82, 2.24) is 5.43 Å². The molecule has 0 radical (unpaired) electrons. The van der Waals surface area contributed by atoms with Crippen LogP contribution in [0, 0.1) is 11.6 Å². The summed E-state index contributed by atoms with van der Waals surface area (Å²) >= 11 is 0. The van der Waals surface area contributed by atoms with Crippen molar-refractivity contribution < 1.29 is 8.78 Å². The Labute approximate surface area is 116 Å². The first kappa shape index (κ1) is 13.2. The number of fused-ring (bicyclic) bond motifs is 1. The number of aryl methyl sites for hydroxylation is 1. The number of benzene rings is 2. The summed E-state index contributed by atoms with van der Waals surface area (Å²) in [6.07, 6.45) is 1.82. The summed E-state index contributed by atoms with van der Waals surface area (Å²) in [5.74, 6) is 4.80. The molecule has 2 atom stereocenters. The lowest BCUT2D eigenvalue weighted by Crippen LogP contribution is -2.32. The number of nitrogens with one attached hydrogen (secondary N) is 1. The van der Waals surface area contributed by atoms with Gasteiger partial charge in [0, 0.05) is 11.5 Å². The molecule has 1 aliphatic rings. The van der Waals surface area contributed by atoms with Crippen LogP contribution in [-0.4, -0.2) is 0 Å². The predicted octanol–water partition coefficient (Wildman–Crippen LogP) is 3.20. The van der Waals surface area contributed by atoms with Gasteiger partial charge in [-0.3, -0.25) is 11.3 Å². The lowest BCUT2D eigenvalue weighted by molar-refractivity contribution is 0.430. The maximum atomic E-state index is 14.0. The summed E-state index contributed by atoms with van der Waals surface area (Å²) in [5.41, 5.74) is 5.37. The largest absolute Gasteiger partial charge is 0.271 e. The smallest absolute Gasteiger partial charge is 0.128 e. The number of nitrogens with two attached hydrogens (primary N) is 1. The van der Waals surface area contributed by atoms with Gasteiger partial charge in [-0.2, -0.15) is 0 Å². The monoisotopic (exact) mass is 274 g/mol. The van der Waals surface area contributed by atoms with Crippen LogP contribution >= 0.6 is 0 Å². The summed E-state index contributed by atoms with van der Waals surface area (Å²) in [4.78, 5) is 0. The second-order valence-electron chi connectivity index (χ2n) is 5.15. The lowest BCUT2D eigenvalue weighted by Gasteiger charge is -2.24. The van der Waals surface area contributed by atoms with Crippen LogP contribution in [0.5, 0.6) is 0 Å². The highest BCUT2D eigenvalue weighted by Crippen LogP contribution is 2.41. The van der Waals surface area contributed by atoms with E-state index < -0.39 is 17.7 Å². The van der Waals surface area contributed by atoms with Crippen molar-refractivity contribution in [2.24, 2.45) is 5.84 Å². The van der Waals surface area contributed by atoms with Gasteiger partial charge in [-0.05, 0) is 42.2 Å². The van der Waals surface area contributed by atoms with Crippen LogP contribution in [0.3, 0.4) is 0 Å². The maximum absolute atomic E-state index is 14.0. The van der Waals surface area contributed by atoms with E-state index in [1.807, 2.05) is 18.2 Å². The fraction of sp³-hybridized carbons (Fsp3) is 0.250. The Bertz CT molecular complexity index is 628. The molecule has 2 unspecified atom stereocenters. The van der Waals surface area contributed by atoms with E-state index in [9.17, 15) is 8.78 Å². The third kappa shape index (κ3) is 2.21. The molecule has 2 nitrogen and oxygen atoms in total. The van der Waals surface area contributed by atoms with Crippen molar-refractivity contribution in [3.05, 3.63) is 70.8 Å². The molecule has 0 amide bonds. The van der Waals surface area contributed by atoms with Gasteiger partial charge in [0.15, 0.2) is 0 Å². The first-order valence-electron chi connectivity index (χ1n) is 6.69. The molecule has 0 saturated carbocycles. The van der Waals surface area contributed by atoms with E-state index >= 15 is 0 Å². The van der Waals surface area contributed by atoms with Crippen LogP contribution in [0.2, 0.25) is 0 Å². The van der Waals surface area contributed by atoms with Gasteiger partial charge in [-0.1, -0.05) is 24.3 Å². The molecule has 0 saturated heterocycles. The summed E-state index contributed by atoms with van der Waals surface area (Å²) in [6, 6.07) is 11.1. The Hall–Kier alpha value is -1.78. The second kappa shape index (κ2) is 5.31. The van der Waals surface area contributed by atoms with Crippen molar-refractivity contribution in [3.63, 3.8) is 0 Å². The average molecular weight is 274 g/mol. The third-order valence-electron chi connectivity index (χ3n) is 4.05. The SMILES string of the molecule is NNC(c1cc(F)ccc1F)C1CCc2ccccc21. The number of rotatable bonds is 3. The molecule has 3 rings (SSSR count). The molecule has 0 aliphatic heterocycles. The first-order chi connectivity index (χ1) is 9.70. The predicted molar refractivity (Wildman–Crippen MR) is 73.9 cm³/mol. The average Bonchev–Trinajstić information content (AvgIpc) is 2.88. The maximum Gasteiger partial charge on any atom is 0.128 e. The Kier molecular flexibility index (Phi) is 3.51. The number of halogens is 2. The highest BCUT2D eigenvalue weighted by Gasteiger charge is 2.31. The number of hydrogen-bond acceptors (Lipinski definition) is 2. The molecule has 4 heteroatoms. The molecule has 0 aromatic heterocycles. The molecular formula is C16H16F2N2. The van der Waals surface area contributed by atoms with Crippen LogP contribution in [0.15, 0.2) is 42.5 Å².